The molecule has 1 aliphatic heterocycles. The average molecular weight is 506 g/mol. The molecule has 2 heterocycles. The van der Waals surface area contributed by atoms with Crippen molar-refractivity contribution in [1.82, 2.24) is 15.0 Å². The van der Waals surface area contributed by atoms with Crippen LogP contribution in [0.2, 0.25) is 0 Å². The maximum atomic E-state index is 9.05. The quantitative estimate of drug-likeness (QED) is 0.126. The van der Waals surface area contributed by atoms with Crippen LogP contribution in [0, 0.1) is 0 Å². The SMILES string of the molecule is N/C(=N/O)N1CCC[C@H]1c1nc(-c2ccc3cc(OCc4ccc(-c5ccccc5)cc4)ccc3c2)no1. The first-order chi connectivity index (χ1) is 18.7. The van der Waals surface area contributed by atoms with Crippen molar-refractivity contribution in [2.24, 2.45) is 10.9 Å². The second kappa shape index (κ2) is 10.3. The van der Waals surface area contributed by atoms with Crippen LogP contribution in [0.25, 0.3) is 33.3 Å². The van der Waals surface area contributed by atoms with Gasteiger partial charge in [0.2, 0.25) is 17.7 Å². The molecule has 0 unspecified atom stereocenters. The average Bonchev–Trinajstić information content (AvgIpc) is 3.66. The van der Waals surface area contributed by atoms with Crippen LogP contribution in [0.4, 0.5) is 0 Å². The Labute approximate surface area is 220 Å². The van der Waals surface area contributed by atoms with E-state index in [1.165, 1.54) is 11.1 Å². The monoisotopic (exact) mass is 505 g/mol. The van der Waals surface area contributed by atoms with Gasteiger partial charge in [-0.15, -0.1) is 0 Å². The molecule has 0 amide bonds. The van der Waals surface area contributed by atoms with Gasteiger partial charge in [0.15, 0.2) is 0 Å². The van der Waals surface area contributed by atoms with Crippen molar-refractivity contribution in [3.63, 3.8) is 0 Å². The molecule has 5 aromatic rings. The lowest BCUT2D eigenvalue weighted by atomic mass is 10.0. The number of benzene rings is 4. The summed E-state index contributed by atoms with van der Waals surface area (Å²) in [5, 5.41) is 18.5. The predicted molar refractivity (Wildman–Crippen MR) is 146 cm³/mol. The van der Waals surface area contributed by atoms with Crippen molar-refractivity contribution < 1.29 is 14.5 Å². The lowest BCUT2D eigenvalue weighted by molar-refractivity contribution is 0.263. The van der Waals surface area contributed by atoms with E-state index in [0.717, 1.165) is 40.5 Å². The van der Waals surface area contributed by atoms with E-state index in [-0.39, 0.29) is 12.0 Å². The van der Waals surface area contributed by atoms with Gasteiger partial charge in [-0.1, -0.05) is 83.1 Å². The van der Waals surface area contributed by atoms with Gasteiger partial charge in [0.05, 0.1) is 0 Å². The summed E-state index contributed by atoms with van der Waals surface area (Å²) in [7, 11) is 0. The number of likely N-dealkylation sites (tertiary alicyclic amines) is 1. The molecule has 1 fully saturated rings. The van der Waals surface area contributed by atoms with E-state index in [4.69, 9.17) is 20.2 Å². The topological polar surface area (TPSA) is 110 Å². The van der Waals surface area contributed by atoms with Crippen molar-refractivity contribution in [2.45, 2.75) is 25.5 Å². The van der Waals surface area contributed by atoms with Crippen molar-refractivity contribution in [1.29, 1.82) is 0 Å². The number of fused-ring (bicyclic) bond motifs is 1. The highest BCUT2D eigenvalue weighted by atomic mass is 16.5. The molecule has 8 nitrogen and oxygen atoms in total. The molecule has 6 rings (SSSR count). The third kappa shape index (κ3) is 4.76. The maximum Gasteiger partial charge on any atom is 0.249 e. The van der Waals surface area contributed by atoms with Crippen LogP contribution in [0.5, 0.6) is 5.75 Å². The lowest BCUT2D eigenvalue weighted by Crippen LogP contribution is -2.36. The van der Waals surface area contributed by atoms with E-state index >= 15 is 0 Å². The Balaban J connectivity index is 1.14. The Morgan fingerprint density at radius 2 is 1.68 bits per heavy atom. The Morgan fingerprint density at radius 1 is 0.947 bits per heavy atom. The summed E-state index contributed by atoms with van der Waals surface area (Å²) in [6.07, 6.45) is 1.70. The molecule has 0 spiro atoms. The third-order valence-corrected chi connectivity index (χ3v) is 6.91. The molecule has 190 valence electrons. The number of hydrogen-bond donors (Lipinski definition) is 2. The van der Waals surface area contributed by atoms with Crippen LogP contribution < -0.4 is 10.5 Å². The normalized spacial score (nSPS) is 15.7. The van der Waals surface area contributed by atoms with E-state index in [1.807, 2.05) is 54.6 Å². The number of guanidine groups is 1. The smallest absolute Gasteiger partial charge is 0.249 e. The van der Waals surface area contributed by atoms with Crippen molar-refractivity contribution >= 4 is 16.7 Å². The van der Waals surface area contributed by atoms with E-state index < -0.39 is 0 Å². The predicted octanol–water partition coefficient (Wildman–Crippen LogP) is 5.98. The highest BCUT2D eigenvalue weighted by Gasteiger charge is 2.32. The van der Waals surface area contributed by atoms with Gasteiger partial charge in [0.1, 0.15) is 18.4 Å². The van der Waals surface area contributed by atoms with Gasteiger partial charge in [-0.3, -0.25) is 0 Å². The van der Waals surface area contributed by atoms with Crippen LogP contribution >= 0.6 is 0 Å². The molecule has 0 bridgehead atoms. The fraction of sp³-hybridized carbons (Fsp3) is 0.167. The Kier molecular flexibility index (Phi) is 6.35. The molecular formula is C30H27N5O3. The highest BCUT2D eigenvalue weighted by Crippen LogP contribution is 2.32. The highest BCUT2D eigenvalue weighted by molar-refractivity contribution is 5.87. The number of nitrogens with zero attached hydrogens (tertiary/aromatic N) is 4. The zero-order chi connectivity index (χ0) is 25.9. The van der Waals surface area contributed by atoms with Crippen molar-refractivity contribution in [3.05, 3.63) is 102 Å². The molecule has 3 N–H and O–H groups in total. The van der Waals surface area contributed by atoms with Crippen LogP contribution in [0.1, 0.15) is 30.3 Å². The summed E-state index contributed by atoms with van der Waals surface area (Å²) in [5.74, 6) is 1.83. The molecule has 1 aliphatic rings. The zero-order valence-corrected chi connectivity index (χ0v) is 20.7. The minimum Gasteiger partial charge on any atom is -0.489 e. The third-order valence-electron chi connectivity index (χ3n) is 6.91. The Morgan fingerprint density at radius 3 is 2.50 bits per heavy atom. The number of nitrogens with two attached hydrogens (primary N) is 1. The number of ether oxygens (including phenoxy) is 1. The summed E-state index contributed by atoms with van der Waals surface area (Å²) in [5.41, 5.74) is 10.2. The van der Waals surface area contributed by atoms with Gasteiger partial charge < -0.3 is 25.1 Å². The second-order valence-electron chi connectivity index (χ2n) is 9.34. The first-order valence-corrected chi connectivity index (χ1v) is 12.6. The summed E-state index contributed by atoms with van der Waals surface area (Å²) >= 11 is 0. The van der Waals surface area contributed by atoms with E-state index in [2.05, 4.69) is 51.7 Å². The second-order valence-corrected chi connectivity index (χ2v) is 9.34. The molecular weight excluding hydrogens is 478 g/mol. The van der Waals surface area contributed by atoms with E-state index in [0.29, 0.717) is 24.9 Å². The molecule has 0 saturated carbocycles. The van der Waals surface area contributed by atoms with Gasteiger partial charge >= 0.3 is 0 Å². The van der Waals surface area contributed by atoms with Crippen LogP contribution in [-0.4, -0.2) is 32.8 Å². The summed E-state index contributed by atoms with van der Waals surface area (Å²) in [4.78, 5) is 6.38. The lowest BCUT2D eigenvalue weighted by Gasteiger charge is -2.21. The molecule has 8 heteroatoms. The molecule has 1 atom stereocenters. The van der Waals surface area contributed by atoms with E-state index in [9.17, 15) is 0 Å². The number of rotatable bonds is 6. The molecule has 1 saturated heterocycles. The van der Waals surface area contributed by atoms with Gasteiger partial charge in [0, 0.05) is 12.1 Å². The van der Waals surface area contributed by atoms with Gasteiger partial charge in [-0.25, -0.2) is 0 Å². The Bertz CT molecular complexity index is 1580. The number of oxime groups is 1. The summed E-state index contributed by atoms with van der Waals surface area (Å²) in [6.45, 7) is 1.17. The minimum absolute atomic E-state index is 0.0557. The molecule has 4 aromatic carbocycles. The van der Waals surface area contributed by atoms with E-state index in [1.54, 1.807) is 4.90 Å². The molecule has 38 heavy (non-hydrogen) atoms. The molecule has 0 radical (unpaired) electrons. The summed E-state index contributed by atoms with van der Waals surface area (Å²) in [6, 6.07) is 30.7. The largest absolute Gasteiger partial charge is 0.489 e. The van der Waals surface area contributed by atoms with Crippen molar-refractivity contribution in [3.8, 4) is 28.3 Å². The first-order valence-electron chi connectivity index (χ1n) is 12.6. The molecule has 1 aromatic heterocycles. The standard InChI is InChI=1S/C30H27N5O3/c31-30(33-36)35-16-4-7-27(35)29-32-28(34-38-29)25-13-12-24-18-26(15-14-23(24)17-25)37-19-20-8-10-22(11-9-20)21-5-2-1-3-6-21/h1-3,5-6,8-15,17-18,27,36H,4,7,16,19H2,(H2,31,33)/t27-/m0/s1. The van der Waals surface area contributed by atoms with Gasteiger partial charge in [-0.2, -0.15) is 4.98 Å². The first kappa shape index (κ1) is 23.5. The number of hydrogen-bond acceptors (Lipinski definition) is 6. The van der Waals surface area contributed by atoms with Gasteiger partial charge in [-0.05, 0) is 58.5 Å². The zero-order valence-electron chi connectivity index (χ0n) is 20.7. The van der Waals surface area contributed by atoms with Crippen LogP contribution in [0.15, 0.2) is 101 Å². The maximum absolute atomic E-state index is 9.05. The molecule has 0 aliphatic carbocycles. The summed E-state index contributed by atoms with van der Waals surface area (Å²) < 4.78 is 11.6. The van der Waals surface area contributed by atoms with Crippen LogP contribution in [-0.2, 0) is 6.61 Å². The van der Waals surface area contributed by atoms with Crippen molar-refractivity contribution in [2.75, 3.05) is 6.54 Å². The number of aromatic nitrogens is 2. The fourth-order valence-electron chi connectivity index (χ4n) is 4.89. The van der Waals surface area contributed by atoms with Gasteiger partial charge in [0.25, 0.3) is 0 Å². The van der Waals surface area contributed by atoms with Crippen LogP contribution in [0.3, 0.4) is 0 Å². The minimum atomic E-state index is -0.193. The fourth-order valence-corrected chi connectivity index (χ4v) is 4.89. The Hall–Kier alpha value is -4.85.